The molecule has 1 heterocycles. The number of carboxylic acids is 1. The molecule has 0 aromatic rings. The first-order valence-electron chi connectivity index (χ1n) is 6.50. The number of carboxylic acid groups (broad SMARTS) is 1. The number of aliphatic hydroxyl groups excluding tert-OH is 1. The van der Waals surface area contributed by atoms with E-state index in [0.29, 0.717) is 0 Å². The van der Waals surface area contributed by atoms with Crippen molar-refractivity contribution in [1.29, 1.82) is 0 Å². The molecule has 2 N–H and O–H groups in total. The fraction of sp³-hybridized carbons (Fsp3) is 0.846. The van der Waals surface area contributed by atoms with Crippen molar-refractivity contribution in [2.24, 2.45) is 5.41 Å². The van der Waals surface area contributed by atoms with Gasteiger partial charge in [0.2, 0.25) is 0 Å². The Kier molecular flexibility index (Phi) is 4.45. The molecule has 1 rings (SSSR count). The molecule has 0 aliphatic carbocycles. The minimum Gasteiger partial charge on any atom is -0.480 e. The molecule has 1 aliphatic rings. The van der Waals surface area contributed by atoms with E-state index in [1.807, 2.05) is 27.7 Å². The number of amides is 2. The van der Waals surface area contributed by atoms with Crippen molar-refractivity contribution < 1.29 is 19.8 Å². The summed E-state index contributed by atoms with van der Waals surface area (Å²) in [7, 11) is 1.67. The van der Waals surface area contributed by atoms with Crippen LogP contribution in [0, 0.1) is 5.41 Å². The number of hydrogen-bond donors (Lipinski definition) is 2. The number of aliphatic carboxylic acids is 1. The number of aliphatic hydroxyl groups is 1. The first kappa shape index (κ1) is 15.8. The van der Waals surface area contributed by atoms with Crippen LogP contribution < -0.4 is 0 Å². The maximum absolute atomic E-state index is 12.4. The van der Waals surface area contributed by atoms with Crippen LogP contribution in [-0.4, -0.2) is 63.8 Å². The van der Waals surface area contributed by atoms with E-state index in [2.05, 4.69) is 0 Å². The fourth-order valence-electron chi connectivity index (χ4n) is 2.21. The van der Waals surface area contributed by atoms with E-state index in [0.717, 1.165) is 0 Å². The lowest BCUT2D eigenvalue weighted by Gasteiger charge is -2.38. The molecule has 1 unspecified atom stereocenters. The van der Waals surface area contributed by atoms with Crippen molar-refractivity contribution in [2.75, 3.05) is 13.6 Å². The molecule has 0 radical (unpaired) electrons. The quantitative estimate of drug-likeness (QED) is 0.785. The van der Waals surface area contributed by atoms with Crippen LogP contribution in [0.3, 0.4) is 0 Å². The smallest absolute Gasteiger partial charge is 0.326 e. The second-order valence-corrected chi connectivity index (χ2v) is 6.33. The van der Waals surface area contributed by atoms with E-state index in [9.17, 15) is 14.7 Å². The maximum atomic E-state index is 12.4. The van der Waals surface area contributed by atoms with Gasteiger partial charge in [-0.1, -0.05) is 20.8 Å². The molecule has 0 saturated carbocycles. The molecule has 1 saturated heterocycles. The third-order valence-electron chi connectivity index (χ3n) is 3.95. The van der Waals surface area contributed by atoms with Crippen LogP contribution in [0.2, 0.25) is 0 Å². The molecule has 1 fully saturated rings. The van der Waals surface area contributed by atoms with Crippen LogP contribution >= 0.6 is 0 Å². The third-order valence-corrected chi connectivity index (χ3v) is 3.95. The molecular weight excluding hydrogens is 248 g/mol. The van der Waals surface area contributed by atoms with Crippen molar-refractivity contribution in [3.63, 3.8) is 0 Å². The summed E-state index contributed by atoms with van der Waals surface area (Å²) in [6.45, 7) is 8.08. The minimum absolute atomic E-state index is 0.0350. The standard InChI is InChI=1S/C13H24N2O4/c1-8(13(2,3)4)14(5)12(19)15-7-9(16)6-10(15)11(17)18/h8-10,16H,6-7H2,1-5H3,(H,17,18)/t8?,9-,10-/m1/s1. The number of hydrogen-bond acceptors (Lipinski definition) is 3. The Morgan fingerprint density at radius 1 is 1.37 bits per heavy atom. The lowest BCUT2D eigenvalue weighted by molar-refractivity contribution is -0.141. The van der Waals surface area contributed by atoms with Crippen LogP contribution in [0.15, 0.2) is 0 Å². The van der Waals surface area contributed by atoms with Gasteiger partial charge in [-0.15, -0.1) is 0 Å². The summed E-state index contributed by atoms with van der Waals surface area (Å²) in [6, 6.07) is -1.31. The summed E-state index contributed by atoms with van der Waals surface area (Å²) >= 11 is 0. The monoisotopic (exact) mass is 272 g/mol. The summed E-state index contributed by atoms with van der Waals surface area (Å²) in [5.74, 6) is -1.07. The van der Waals surface area contributed by atoms with Gasteiger partial charge in [-0.25, -0.2) is 9.59 Å². The number of rotatable bonds is 2. The van der Waals surface area contributed by atoms with Gasteiger partial charge in [0, 0.05) is 26.1 Å². The van der Waals surface area contributed by atoms with Crippen LogP contribution in [0.25, 0.3) is 0 Å². The van der Waals surface area contributed by atoms with Gasteiger partial charge < -0.3 is 20.0 Å². The van der Waals surface area contributed by atoms with Gasteiger partial charge in [-0.05, 0) is 12.3 Å². The predicted octanol–water partition coefficient (Wildman–Crippen LogP) is 0.993. The highest BCUT2D eigenvalue weighted by Gasteiger charge is 2.41. The van der Waals surface area contributed by atoms with Gasteiger partial charge in [0.25, 0.3) is 0 Å². The molecule has 0 aromatic carbocycles. The Balaban J connectivity index is 2.84. The Morgan fingerprint density at radius 2 is 1.89 bits per heavy atom. The Bertz CT molecular complexity index is 364. The largest absolute Gasteiger partial charge is 0.480 e. The van der Waals surface area contributed by atoms with Crippen molar-refractivity contribution in [2.45, 2.75) is 52.3 Å². The third kappa shape index (κ3) is 3.37. The van der Waals surface area contributed by atoms with Crippen molar-refractivity contribution >= 4 is 12.0 Å². The lowest BCUT2D eigenvalue weighted by atomic mass is 9.87. The number of carbonyl (C=O) groups is 2. The lowest BCUT2D eigenvalue weighted by Crippen LogP contribution is -2.52. The summed E-state index contributed by atoms with van der Waals surface area (Å²) in [5, 5.41) is 18.7. The Labute approximate surface area is 114 Å². The van der Waals surface area contributed by atoms with Crippen molar-refractivity contribution in [3.8, 4) is 0 Å². The van der Waals surface area contributed by atoms with Gasteiger partial charge in [0.1, 0.15) is 6.04 Å². The number of nitrogens with zero attached hydrogens (tertiary/aromatic N) is 2. The summed E-state index contributed by atoms with van der Waals surface area (Å²) in [4.78, 5) is 26.3. The molecule has 110 valence electrons. The SMILES string of the molecule is CC(N(C)C(=O)N1C[C@H](O)C[C@@H]1C(=O)O)C(C)(C)C. The molecule has 2 amide bonds. The van der Waals surface area contributed by atoms with E-state index in [1.54, 1.807) is 11.9 Å². The van der Waals surface area contributed by atoms with Crippen LogP contribution in [0.5, 0.6) is 0 Å². The topological polar surface area (TPSA) is 81.1 Å². The zero-order valence-electron chi connectivity index (χ0n) is 12.3. The van der Waals surface area contributed by atoms with Gasteiger partial charge in [0.05, 0.1) is 6.10 Å². The maximum Gasteiger partial charge on any atom is 0.326 e. The molecule has 6 nitrogen and oxygen atoms in total. The van der Waals surface area contributed by atoms with E-state index in [1.165, 1.54) is 4.90 Å². The van der Waals surface area contributed by atoms with Crippen LogP contribution in [-0.2, 0) is 4.79 Å². The first-order chi connectivity index (χ1) is 8.55. The average Bonchev–Trinajstić information content (AvgIpc) is 2.67. The van der Waals surface area contributed by atoms with Gasteiger partial charge in [-0.3, -0.25) is 0 Å². The van der Waals surface area contributed by atoms with Crippen LogP contribution in [0.4, 0.5) is 4.79 Å². The summed E-state index contributed by atoms with van der Waals surface area (Å²) in [6.07, 6.45) is -0.665. The summed E-state index contributed by atoms with van der Waals surface area (Å²) < 4.78 is 0. The molecule has 0 aromatic heterocycles. The van der Waals surface area contributed by atoms with E-state index >= 15 is 0 Å². The van der Waals surface area contributed by atoms with Crippen LogP contribution in [0.1, 0.15) is 34.1 Å². The van der Waals surface area contributed by atoms with E-state index in [4.69, 9.17) is 5.11 Å². The number of urea groups is 1. The molecule has 0 bridgehead atoms. The highest BCUT2D eigenvalue weighted by atomic mass is 16.4. The molecule has 1 aliphatic heterocycles. The minimum atomic E-state index is -1.07. The number of β-amino-alcohol motifs (C(OH)–C–C–N with tert-alkyl or cyclic N) is 1. The van der Waals surface area contributed by atoms with Gasteiger partial charge in [0.15, 0.2) is 0 Å². The second kappa shape index (κ2) is 5.36. The number of likely N-dealkylation sites (tertiary alicyclic amines) is 1. The highest BCUT2D eigenvalue weighted by Crippen LogP contribution is 2.26. The van der Waals surface area contributed by atoms with E-state index in [-0.39, 0.29) is 30.5 Å². The fourth-order valence-corrected chi connectivity index (χ4v) is 2.21. The van der Waals surface area contributed by atoms with E-state index < -0.39 is 18.1 Å². The van der Waals surface area contributed by atoms with Gasteiger partial charge >= 0.3 is 12.0 Å². The highest BCUT2D eigenvalue weighted by molar-refractivity contribution is 5.83. The predicted molar refractivity (Wildman–Crippen MR) is 70.8 cm³/mol. The second-order valence-electron chi connectivity index (χ2n) is 6.33. The van der Waals surface area contributed by atoms with Gasteiger partial charge in [-0.2, -0.15) is 0 Å². The number of carbonyl (C=O) groups excluding carboxylic acids is 1. The Hall–Kier alpha value is -1.30. The molecule has 6 heteroatoms. The molecular formula is C13H24N2O4. The zero-order chi connectivity index (χ0) is 15.0. The Morgan fingerprint density at radius 3 is 2.32 bits per heavy atom. The average molecular weight is 272 g/mol. The molecule has 3 atom stereocenters. The van der Waals surface area contributed by atoms with Crippen molar-refractivity contribution in [3.05, 3.63) is 0 Å². The first-order valence-corrected chi connectivity index (χ1v) is 6.50. The van der Waals surface area contributed by atoms with Crippen molar-refractivity contribution in [1.82, 2.24) is 9.80 Å². The normalized spacial score (nSPS) is 25.3. The molecule has 19 heavy (non-hydrogen) atoms. The molecule has 0 spiro atoms. The zero-order valence-corrected chi connectivity index (χ0v) is 12.3. The summed E-state index contributed by atoms with van der Waals surface area (Å²) in [5.41, 5.74) is -0.0958.